The van der Waals surface area contributed by atoms with E-state index in [2.05, 4.69) is 6.92 Å². The van der Waals surface area contributed by atoms with Gasteiger partial charge in [-0.2, -0.15) is 0 Å². The van der Waals surface area contributed by atoms with Crippen molar-refractivity contribution in [3.05, 3.63) is 35.4 Å². The number of aryl methyl sites for hydroxylation is 1. The molecule has 0 aromatic heterocycles. The molecule has 0 radical (unpaired) electrons. The Hall–Kier alpha value is -1.43. The Morgan fingerprint density at radius 2 is 1.62 bits per heavy atom. The number of carbonyl (C=O) groups is 1. The van der Waals surface area contributed by atoms with Gasteiger partial charge in [-0.25, -0.2) is 4.79 Å². The standard InChI is InChI=1S/C21H34O5/c1-6-8-9-12-15-23-16(3)24-17(4)25-18(5)26-21(22)20-14-11-10-13-19(20)7-2/h10-11,13-14,16-18H,6-9,12,15H2,1-5H3. The number of carbonyl (C=O) groups excluding carboxylic acids is 1. The molecule has 0 saturated carbocycles. The first-order valence-corrected chi connectivity index (χ1v) is 9.69. The summed E-state index contributed by atoms with van der Waals surface area (Å²) < 4.78 is 22.2. The van der Waals surface area contributed by atoms with Crippen molar-refractivity contribution in [1.82, 2.24) is 0 Å². The van der Waals surface area contributed by atoms with Crippen LogP contribution in [-0.4, -0.2) is 31.4 Å². The molecule has 0 saturated heterocycles. The second-order valence-corrected chi connectivity index (χ2v) is 6.32. The van der Waals surface area contributed by atoms with Crippen molar-refractivity contribution in [2.75, 3.05) is 6.61 Å². The summed E-state index contributed by atoms with van der Waals surface area (Å²) in [6.07, 6.45) is 3.79. The SMILES string of the molecule is CCCCCCOC(C)OC(C)OC(C)OC(=O)c1ccccc1CC. The molecule has 1 aromatic carbocycles. The summed E-state index contributed by atoms with van der Waals surface area (Å²) in [4.78, 5) is 12.3. The predicted molar refractivity (Wildman–Crippen MR) is 102 cm³/mol. The normalized spacial score (nSPS) is 14.7. The van der Waals surface area contributed by atoms with Gasteiger partial charge in [0.05, 0.1) is 5.56 Å². The van der Waals surface area contributed by atoms with E-state index < -0.39 is 12.6 Å². The molecule has 3 unspecified atom stereocenters. The van der Waals surface area contributed by atoms with Crippen LogP contribution in [0.15, 0.2) is 24.3 Å². The zero-order valence-corrected chi connectivity index (χ0v) is 16.8. The summed E-state index contributed by atoms with van der Waals surface area (Å²) >= 11 is 0. The van der Waals surface area contributed by atoms with Crippen LogP contribution < -0.4 is 0 Å². The Labute approximate surface area is 158 Å². The molecule has 5 heteroatoms. The molecule has 0 heterocycles. The van der Waals surface area contributed by atoms with E-state index in [0.29, 0.717) is 12.2 Å². The Bertz CT molecular complexity index is 517. The van der Waals surface area contributed by atoms with Crippen LogP contribution in [-0.2, 0) is 25.4 Å². The molecule has 0 N–H and O–H groups in total. The minimum Gasteiger partial charge on any atom is -0.432 e. The topological polar surface area (TPSA) is 54.0 Å². The van der Waals surface area contributed by atoms with Crippen molar-refractivity contribution < 1.29 is 23.7 Å². The number of hydrogen-bond acceptors (Lipinski definition) is 5. The maximum atomic E-state index is 12.3. The van der Waals surface area contributed by atoms with Crippen molar-refractivity contribution in [1.29, 1.82) is 0 Å². The molecule has 0 aliphatic carbocycles. The first-order valence-electron chi connectivity index (χ1n) is 9.69. The summed E-state index contributed by atoms with van der Waals surface area (Å²) in [5.74, 6) is -0.387. The van der Waals surface area contributed by atoms with Crippen molar-refractivity contribution in [2.45, 2.75) is 85.6 Å². The first-order chi connectivity index (χ1) is 12.5. The fourth-order valence-electron chi connectivity index (χ4n) is 2.66. The lowest BCUT2D eigenvalue weighted by molar-refractivity contribution is -0.269. The van der Waals surface area contributed by atoms with E-state index in [4.69, 9.17) is 18.9 Å². The van der Waals surface area contributed by atoms with Gasteiger partial charge in [-0.3, -0.25) is 0 Å². The van der Waals surface area contributed by atoms with E-state index in [1.807, 2.05) is 32.0 Å². The van der Waals surface area contributed by atoms with Gasteiger partial charge >= 0.3 is 5.97 Å². The van der Waals surface area contributed by atoms with Gasteiger partial charge in [0, 0.05) is 6.61 Å². The Kier molecular flexibility index (Phi) is 11.2. The molecule has 0 amide bonds. The van der Waals surface area contributed by atoms with Gasteiger partial charge in [-0.05, 0) is 45.2 Å². The smallest absolute Gasteiger partial charge is 0.340 e. The lowest BCUT2D eigenvalue weighted by Crippen LogP contribution is -2.28. The molecular weight excluding hydrogens is 332 g/mol. The summed E-state index contributed by atoms with van der Waals surface area (Å²) in [6.45, 7) is 10.1. The second kappa shape index (κ2) is 12.8. The van der Waals surface area contributed by atoms with E-state index >= 15 is 0 Å². The summed E-state index contributed by atoms with van der Waals surface area (Å²) in [5, 5.41) is 0. The lowest BCUT2D eigenvalue weighted by atomic mass is 10.1. The third kappa shape index (κ3) is 8.79. The number of rotatable bonds is 13. The van der Waals surface area contributed by atoms with Crippen molar-refractivity contribution >= 4 is 5.97 Å². The van der Waals surface area contributed by atoms with Crippen LogP contribution in [0.1, 0.15) is 76.2 Å². The Morgan fingerprint density at radius 3 is 2.31 bits per heavy atom. The predicted octanol–water partition coefficient (Wildman–Crippen LogP) is 5.07. The van der Waals surface area contributed by atoms with Gasteiger partial charge < -0.3 is 18.9 Å². The number of hydrogen-bond donors (Lipinski definition) is 0. The van der Waals surface area contributed by atoms with E-state index in [1.54, 1.807) is 19.9 Å². The maximum Gasteiger partial charge on any atom is 0.340 e. The van der Waals surface area contributed by atoms with Crippen LogP contribution in [0, 0.1) is 0 Å². The van der Waals surface area contributed by atoms with E-state index in [1.165, 1.54) is 19.3 Å². The highest BCUT2D eigenvalue weighted by Gasteiger charge is 2.18. The van der Waals surface area contributed by atoms with Gasteiger partial charge in [-0.1, -0.05) is 51.3 Å². The summed E-state index contributed by atoms with van der Waals surface area (Å²) in [7, 11) is 0. The van der Waals surface area contributed by atoms with Crippen LogP contribution in [0.25, 0.3) is 0 Å². The minimum atomic E-state index is -0.709. The van der Waals surface area contributed by atoms with Gasteiger partial charge in [0.1, 0.15) is 0 Å². The zero-order chi connectivity index (χ0) is 19.4. The molecule has 0 bridgehead atoms. The minimum absolute atomic E-state index is 0.365. The highest BCUT2D eigenvalue weighted by molar-refractivity contribution is 5.91. The molecular formula is C21H34O5. The summed E-state index contributed by atoms with van der Waals surface area (Å²) in [6, 6.07) is 7.43. The fraction of sp³-hybridized carbons (Fsp3) is 0.667. The second-order valence-electron chi connectivity index (χ2n) is 6.32. The maximum absolute atomic E-state index is 12.3. The molecule has 148 valence electrons. The highest BCUT2D eigenvalue weighted by Crippen LogP contribution is 2.14. The molecule has 0 spiro atoms. The van der Waals surface area contributed by atoms with Gasteiger partial charge in [0.2, 0.25) is 6.29 Å². The van der Waals surface area contributed by atoms with Crippen LogP contribution in [0.5, 0.6) is 0 Å². The first kappa shape index (κ1) is 22.6. The third-order valence-corrected chi connectivity index (χ3v) is 4.01. The van der Waals surface area contributed by atoms with E-state index in [0.717, 1.165) is 18.4 Å². The fourth-order valence-corrected chi connectivity index (χ4v) is 2.66. The molecule has 0 aliphatic rings. The van der Waals surface area contributed by atoms with Gasteiger partial charge in [-0.15, -0.1) is 0 Å². The molecule has 3 atom stereocenters. The average Bonchev–Trinajstić information content (AvgIpc) is 2.61. The van der Waals surface area contributed by atoms with E-state index in [-0.39, 0.29) is 12.3 Å². The van der Waals surface area contributed by atoms with Crippen LogP contribution in [0.3, 0.4) is 0 Å². The van der Waals surface area contributed by atoms with Gasteiger partial charge in [0.15, 0.2) is 12.6 Å². The largest absolute Gasteiger partial charge is 0.432 e. The van der Waals surface area contributed by atoms with Crippen molar-refractivity contribution in [2.24, 2.45) is 0 Å². The number of ether oxygens (including phenoxy) is 4. The van der Waals surface area contributed by atoms with Crippen molar-refractivity contribution in [3.8, 4) is 0 Å². The number of esters is 1. The molecule has 1 rings (SSSR count). The van der Waals surface area contributed by atoms with Crippen LogP contribution in [0.2, 0.25) is 0 Å². The summed E-state index contributed by atoms with van der Waals surface area (Å²) in [5.41, 5.74) is 1.53. The highest BCUT2D eigenvalue weighted by atomic mass is 16.8. The van der Waals surface area contributed by atoms with Gasteiger partial charge in [0.25, 0.3) is 0 Å². The van der Waals surface area contributed by atoms with Crippen LogP contribution in [0.4, 0.5) is 0 Å². The monoisotopic (exact) mass is 366 g/mol. The third-order valence-electron chi connectivity index (χ3n) is 4.01. The van der Waals surface area contributed by atoms with E-state index in [9.17, 15) is 4.79 Å². The molecule has 5 nitrogen and oxygen atoms in total. The lowest BCUT2D eigenvalue weighted by Gasteiger charge is -2.23. The average molecular weight is 366 g/mol. The quantitative estimate of drug-likeness (QED) is 0.277. The molecule has 1 aromatic rings. The Morgan fingerprint density at radius 1 is 0.923 bits per heavy atom. The molecule has 0 aliphatic heterocycles. The number of unbranched alkanes of at least 4 members (excludes halogenated alkanes) is 3. The molecule has 0 fully saturated rings. The van der Waals surface area contributed by atoms with Crippen molar-refractivity contribution in [3.63, 3.8) is 0 Å². The number of benzene rings is 1. The Balaban J connectivity index is 2.33. The van der Waals surface area contributed by atoms with Crippen LogP contribution >= 0.6 is 0 Å². The molecule has 26 heavy (non-hydrogen) atoms. The zero-order valence-electron chi connectivity index (χ0n) is 16.8.